The highest BCUT2D eigenvalue weighted by atomic mass is 16.3. The Morgan fingerprint density at radius 3 is 2.24 bits per heavy atom. The lowest BCUT2D eigenvalue weighted by Gasteiger charge is -2.25. The average Bonchev–Trinajstić information content (AvgIpc) is 2.65. The SMILES string of the molecule is CCCCCCCCC#Cc1ccccc1C(C)(O)c1ccccc1. The second-order valence-corrected chi connectivity index (χ2v) is 6.80. The Bertz CT molecular complexity index is 689. The molecule has 1 nitrogen and oxygen atoms in total. The van der Waals surface area contributed by atoms with Crippen molar-refractivity contribution in [2.45, 2.75) is 64.4 Å². The first-order chi connectivity index (χ1) is 12.2. The van der Waals surface area contributed by atoms with Crippen LogP contribution < -0.4 is 0 Å². The summed E-state index contributed by atoms with van der Waals surface area (Å²) in [6.45, 7) is 4.09. The van der Waals surface area contributed by atoms with Crippen molar-refractivity contribution in [3.63, 3.8) is 0 Å². The maximum Gasteiger partial charge on any atom is 0.113 e. The van der Waals surface area contributed by atoms with E-state index in [4.69, 9.17) is 0 Å². The molecule has 0 bridgehead atoms. The van der Waals surface area contributed by atoms with Gasteiger partial charge in [0.15, 0.2) is 0 Å². The van der Waals surface area contributed by atoms with E-state index in [1.807, 2.05) is 61.5 Å². The van der Waals surface area contributed by atoms with Gasteiger partial charge in [0.05, 0.1) is 0 Å². The molecule has 0 aliphatic heterocycles. The van der Waals surface area contributed by atoms with E-state index in [0.717, 1.165) is 29.5 Å². The highest BCUT2D eigenvalue weighted by Gasteiger charge is 2.27. The van der Waals surface area contributed by atoms with Crippen LogP contribution in [0.5, 0.6) is 0 Å². The van der Waals surface area contributed by atoms with Crippen LogP contribution in [-0.2, 0) is 5.60 Å². The van der Waals surface area contributed by atoms with Crippen molar-refractivity contribution in [2.24, 2.45) is 0 Å². The van der Waals surface area contributed by atoms with Crippen molar-refractivity contribution in [1.82, 2.24) is 0 Å². The van der Waals surface area contributed by atoms with E-state index in [0.29, 0.717) is 0 Å². The third-order valence-corrected chi connectivity index (χ3v) is 4.67. The number of rotatable bonds is 8. The second-order valence-electron chi connectivity index (χ2n) is 6.80. The molecule has 2 rings (SSSR count). The normalized spacial score (nSPS) is 12.9. The Balaban J connectivity index is 2.03. The average molecular weight is 335 g/mol. The number of hydrogen-bond acceptors (Lipinski definition) is 1. The Hall–Kier alpha value is -2.04. The fourth-order valence-corrected chi connectivity index (χ4v) is 3.09. The predicted molar refractivity (Wildman–Crippen MR) is 106 cm³/mol. The van der Waals surface area contributed by atoms with E-state index >= 15 is 0 Å². The second kappa shape index (κ2) is 10.1. The van der Waals surface area contributed by atoms with Gasteiger partial charge in [0.1, 0.15) is 5.60 Å². The number of hydrogen-bond donors (Lipinski definition) is 1. The Labute approximate surface area is 153 Å². The summed E-state index contributed by atoms with van der Waals surface area (Å²) in [4.78, 5) is 0. The third-order valence-electron chi connectivity index (χ3n) is 4.67. The molecule has 0 aliphatic rings. The number of unbranched alkanes of at least 4 members (excludes halogenated alkanes) is 6. The zero-order valence-corrected chi connectivity index (χ0v) is 15.6. The van der Waals surface area contributed by atoms with Crippen molar-refractivity contribution in [3.05, 3.63) is 71.3 Å². The minimum atomic E-state index is -1.04. The quantitative estimate of drug-likeness (QED) is 0.460. The maximum atomic E-state index is 11.1. The van der Waals surface area contributed by atoms with Crippen LogP contribution in [0.3, 0.4) is 0 Å². The standard InChI is InChI=1S/C24H30O/c1-3-4-5-6-7-8-9-11-16-21-17-14-15-20-23(21)24(2,25)22-18-12-10-13-19-22/h10,12-15,17-20,25H,3-9H2,1-2H3. The lowest BCUT2D eigenvalue weighted by atomic mass is 9.85. The van der Waals surface area contributed by atoms with Gasteiger partial charge in [-0.05, 0) is 25.0 Å². The summed E-state index contributed by atoms with van der Waals surface area (Å²) in [5, 5.41) is 11.1. The van der Waals surface area contributed by atoms with Gasteiger partial charge in [-0.1, -0.05) is 99.4 Å². The summed E-state index contributed by atoms with van der Waals surface area (Å²) >= 11 is 0. The molecule has 0 amide bonds. The molecule has 0 aliphatic carbocycles. The van der Waals surface area contributed by atoms with Crippen LogP contribution in [-0.4, -0.2) is 5.11 Å². The lowest BCUT2D eigenvalue weighted by molar-refractivity contribution is 0.102. The van der Waals surface area contributed by atoms with Gasteiger partial charge in [-0.25, -0.2) is 0 Å². The first-order valence-corrected chi connectivity index (χ1v) is 9.52. The molecule has 0 radical (unpaired) electrons. The molecule has 1 N–H and O–H groups in total. The molecule has 1 atom stereocenters. The van der Waals surface area contributed by atoms with Gasteiger partial charge in [-0.2, -0.15) is 0 Å². The monoisotopic (exact) mass is 334 g/mol. The van der Waals surface area contributed by atoms with E-state index in [-0.39, 0.29) is 0 Å². The van der Waals surface area contributed by atoms with Gasteiger partial charge in [0.25, 0.3) is 0 Å². The molecule has 0 fully saturated rings. The summed E-state index contributed by atoms with van der Waals surface area (Å²) in [6, 6.07) is 17.7. The van der Waals surface area contributed by atoms with Crippen molar-refractivity contribution >= 4 is 0 Å². The first kappa shape index (κ1) is 19.3. The van der Waals surface area contributed by atoms with E-state index in [1.54, 1.807) is 0 Å². The zero-order valence-electron chi connectivity index (χ0n) is 15.6. The largest absolute Gasteiger partial charge is 0.381 e. The van der Waals surface area contributed by atoms with E-state index < -0.39 is 5.60 Å². The lowest BCUT2D eigenvalue weighted by Crippen LogP contribution is -2.23. The van der Waals surface area contributed by atoms with Gasteiger partial charge in [-0.3, -0.25) is 0 Å². The Morgan fingerprint density at radius 2 is 1.48 bits per heavy atom. The molecule has 0 spiro atoms. The summed E-state index contributed by atoms with van der Waals surface area (Å²) in [5.41, 5.74) is 1.64. The van der Waals surface area contributed by atoms with E-state index in [2.05, 4.69) is 18.8 Å². The molecule has 0 aromatic heterocycles. The molecule has 0 saturated heterocycles. The van der Waals surface area contributed by atoms with Gasteiger partial charge in [0, 0.05) is 17.5 Å². The van der Waals surface area contributed by atoms with Crippen molar-refractivity contribution < 1.29 is 5.11 Å². The zero-order chi connectivity index (χ0) is 18.0. The molecular weight excluding hydrogens is 304 g/mol. The molecule has 1 unspecified atom stereocenters. The summed E-state index contributed by atoms with van der Waals surface area (Å²) in [5.74, 6) is 6.58. The summed E-state index contributed by atoms with van der Waals surface area (Å²) < 4.78 is 0. The third kappa shape index (κ3) is 5.76. The molecular formula is C24H30O. The van der Waals surface area contributed by atoms with Gasteiger partial charge >= 0.3 is 0 Å². The number of aliphatic hydroxyl groups is 1. The van der Waals surface area contributed by atoms with Gasteiger partial charge in [-0.15, -0.1) is 0 Å². The van der Waals surface area contributed by atoms with Crippen LogP contribution in [0.1, 0.15) is 75.5 Å². The molecule has 25 heavy (non-hydrogen) atoms. The molecule has 132 valence electrons. The smallest absolute Gasteiger partial charge is 0.113 e. The summed E-state index contributed by atoms with van der Waals surface area (Å²) in [7, 11) is 0. The van der Waals surface area contributed by atoms with Crippen LogP contribution in [0.15, 0.2) is 54.6 Å². The Morgan fingerprint density at radius 1 is 0.840 bits per heavy atom. The number of benzene rings is 2. The molecule has 1 heteroatoms. The van der Waals surface area contributed by atoms with Crippen LogP contribution >= 0.6 is 0 Å². The minimum absolute atomic E-state index is 0.872. The van der Waals surface area contributed by atoms with Crippen LogP contribution in [0.25, 0.3) is 0 Å². The van der Waals surface area contributed by atoms with Crippen LogP contribution in [0.2, 0.25) is 0 Å². The van der Waals surface area contributed by atoms with Crippen LogP contribution in [0, 0.1) is 11.8 Å². The topological polar surface area (TPSA) is 20.2 Å². The van der Waals surface area contributed by atoms with Gasteiger partial charge in [0.2, 0.25) is 0 Å². The maximum absolute atomic E-state index is 11.1. The van der Waals surface area contributed by atoms with E-state index in [9.17, 15) is 5.11 Å². The molecule has 2 aromatic carbocycles. The van der Waals surface area contributed by atoms with Crippen molar-refractivity contribution in [2.75, 3.05) is 0 Å². The fraction of sp³-hybridized carbons (Fsp3) is 0.417. The fourth-order valence-electron chi connectivity index (χ4n) is 3.09. The minimum Gasteiger partial charge on any atom is -0.381 e. The van der Waals surface area contributed by atoms with Gasteiger partial charge < -0.3 is 5.11 Å². The molecule has 0 saturated carbocycles. The van der Waals surface area contributed by atoms with E-state index in [1.165, 1.54) is 32.1 Å². The summed E-state index contributed by atoms with van der Waals surface area (Å²) in [6.07, 6.45) is 8.63. The predicted octanol–water partition coefficient (Wildman–Crippen LogP) is 6.04. The van der Waals surface area contributed by atoms with Crippen molar-refractivity contribution in [3.8, 4) is 11.8 Å². The first-order valence-electron chi connectivity index (χ1n) is 9.52. The van der Waals surface area contributed by atoms with Crippen molar-refractivity contribution in [1.29, 1.82) is 0 Å². The Kier molecular flexibility index (Phi) is 7.76. The highest BCUT2D eigenvalue weighted by Crippen LogP contribution is 2.31. The van der Waals surface area contributed by atoms with Crippen LogP contribution in [0.4, 0.5) is 0 Å². The molecule has 0 heterocycles. The molecule has 2 aromatic rings. The highest BCUT2D eigenvalue weighted by molar-refractivity contribution is 5.48.